The van der Waals surface area contributed by atoms with Gasteiger partial charge in [0.2, 0.25) is 0 Å². The van der Waals surface area contributed by atoms with Crippen molar-refractivity contribution < 1.29 is 14.7 Å². The molecule has 0 spiro atoms. The molecule has 0 radical (unpaired) electrons. The number of hydrogen-bond acceptors (Lipinski definition) is 5. The van der Waals surface area contributed by atoms with Crippen molar-refractivity contribution in [3.05, 3.63) is 24.3 Å². The molecule has 0 atom stereocenters. The second kappa shape index (κ2) is 6.50. The summed E-state index contributed by atoms with van der Waals surface area (Å²) in [6.45, 7) is 2.54. The number of hydrogen-bond donors (Lipinski definition) is 3. The molecule has 0 fully saturated rings. The van der Waals surface area contributed by atoms with Gasteiger partial charge in [0.05, 0.1) is 24.6 Å². The van der Waals surface area contributed by atoms with Gasteiger partial charge in [0.15, 0.2) is 0 Å². The molecule has 0 bridgehead atoms. The first kappa shape index (κ1) is 14.5. The van der Waals surface area contributed by atoms with Gasteiger partial charge in [-0.2, -0.15) is 5.10 Å². The highest BCUT2D eigenvalue weighted by atomic mass is 16.4. The Bertz CT molecular complexity index is 633. The molecule has 0 aromatic carbocycles. The Morgan fingerprint density at radius 2 is 2.14 bits per heavy atom. The van der Waals surface area contributed by atoms with Crippen LogP contribution in [0.3, 0.4) is 0 Å². The van der Waals surface area contributed by atoms with Crippen molar-refractivity contribution in [3.8, 4) is 0 Å². The van der Waals surface area contributed by atoms with Crippen LogP contribution in [-0.4, -0.2) is 41.9 Å². The highest BCUT2D eigenvalue weighted by molar-refractivity contribution is 5.88. The molecule has 10 heteroatoms. The number of anilines is 1. The molecule has 112 valence electrons. The van der Waals surface area contributed by atoms with E-state index in [4.69, 9.17) is 5.11 Å². The molecule has 2 aromatic heterocycles. The van der Waals surface area contributed by atoms with Crippen molar-refractivity contribution in [2.24, 2.45) is 0 Å². The van der Waals surface area contributed by atoms with E-state index in [2.05, 4.69) is 26.0 Å². The first-order chi connectivity index (χ1) is 10.1. The van der Waals surface area contributed by atoms with Crippen molar-refractivity contribution >= 4 is 17.7 Å². The largest absolute Gasteiger partial charge is 0.480 e. The molecule has 2 rings (SSSR count). The third kappa shape index (κ3) is 4.30. The third-order valence-electron chi connectivity index (χ3n) is 2.53. The summed E-state index contributed by atoms with van der Waals surface area (Å²) in [6, 6.07) is -0.404. The number of aromatic nitrogens is 5. The molecule has 0 aliphatic heterocycles. The van der Waals surface area contributed by atoms with Crippen molar-refractivity contribution in [2.45, 2.75) is 26.6 Å². The highest BCUT2D eigenvalue weighted by Gasteiger charge is 2.07. The molecule has 2 aromatic rings. The summed E-state index contributed by atoms with van der Waals surface area (Å²) in [7, 11) is 0. The van der Waals surface area contributed by atoms with E-state index in [-0.39, 0.29) is 13.1 Å². The zero-order valence-electron chi connectivity index (χ0n) is 11.4. The van der Waals surface area contributed by atoms with Crippen LogP contribution in [0.5, 0.6) is 0 Å². The highest BCUT2D eigenvalue weighted by Crippen LogP contribution is 2.04. The van der Waals surface area contributed by atoms with Crippen LogP contribution in [0.2, 0.25) is 0 Å². The standard InChI is InChI=1S/C11H15N7O3/c1-2-17-5-8(4-13-17)14-11(21)12-3-9-6-18(16-15-9)7-10(19)20/h4-6H,2-3,7H2,1H3,(H,19,20)(H2,12,14,21). The maximum atomic E-state index is 11.7. The summed E-state index contributed by atoms with van der Waals surface area (Å²) in [6.07, 6.45) is 4.72. The molecule has 21 heavy (non-hydrogen) atoms. The van der Waals surface area contributed by atoms with Crippen LogP contribution in [0.25, 0.3) is 0 Å². The Hall–Kier alpha value is -2.91. The average molecular weight is 293 g/mol. The Kier molecular flexibility index (Phi) is 4.49. The summed E-state index contributed by atoms with van der Waals surface area (Å²) in [5.41, 5.74) is 1.06. The van der Waals surface area contributed by atoms with E-state index in [9.17, 15) is 9.59 Å². The summed E-state index contributed by atoms with van der Waals surface area (Å²) in [5.74, 6) is -1.01. The fraction of sp³-hybridized carbons (Fsp3) is 0.364. The molecular formula is C11H15N7O3. The topological polar surface area (TPSA) is 127 Å². The number of aryl methyl sites for hydroxylation is 1. The number of nitrogens with zero attached hydrogens (tertiary/aromatic N) is 5. The van der Waals surface area contributed by atoms with Crippen molar-refractivity contribution in [2.75, 3.05) is 5.32 Å². The van der Waals surface area contributed by atoms with E-state index in [1.165, 1.54) is 10.9 Å². The molecule has 2 amide bonds. The van der Waals surface area contributed by atoms with Crippen LogP contribution in [-0.2, 0) is 24.4 Å². The molecule has 0 unspecified atom stereocenters. The van der Waals surface area contributed by atoms with Gasteiger partial charge in [-0.1, -0.05) is 5.21 Å². The lowest BCUT2D eigenvalue weighted by Crippen LogP contribution is -2.28. The molecule has 0 saturated heterocycles. The molecular weight excluding hydrogens is 278 g/mol. The van der Waals surface area contributed by atoms with Gasteiger partial charge in [-0.15, -0.1) is 5.10 Å². The number of carboxylic acid groups (broad SMARTS) is 1. The Morgan fingerprint density at radius 1 is 1.33 bits per heavy atom. The number of rotatable bonds is 6. The second-order valence-electron chi connectivity index (χ2n) is 4.19. The lowest BCUT2D eigenvalue weighted by molar-refractivity contribution is -0.137. The van der Waals surface area contributed by atoms with Gasteiger partial charge in [0, 0.05) is 12.7 Å². The van der Waals surface area contributed by atoms with Crippen molar-refractivity contribution in [1.29, 1.82) is 0 Å². The van der Waals surface area contributed by atoms with Crippen LogP contribution in [0.1, 0.15) is 12.6 Å². The number of urea groups is 1. The van der Waals surface area contributed by atoms with Crippen molar-refractivity contribution in [1.82, 2.24) is 30.1 Å². The molecule has 2 heterocycles. The molecule has 0 aliphatic rings. The van der Waals surface area contributed by atoms with Gasteiger partial charge < -0.3 is 15.7 Å². The van der Waals surface area contributed by atoms with E-state index in [0.29, 0.717) is 11.4 Å². The van der Waals surface area contributed by atoms with Gasteiger partial charge in [0.25, 0.3) is 0 Å². The van der Waals surface area contributed by atoms with Gasteiger partial charge in [-0.25, -0.2) is 9.48 Å². The summed E-state index contributed by atoms with van der Waals surface area (Å²) in [4.78, 5) is 22.2. The van der Waals surface area contributed by atoms with Crippen LogP contribution in [0.15, 0.2) is 18.6 Å². The molecule has 10 nitrogen and oxygen atoms in total. The SMILES string of the molecule is CCn1cc(NC(=O)NCc2cn(CC(=O)O)nn2)cn1. The summed E-state index contributed by atoms with van der Waals surface area (Å²) in [5, 5.41) is 25.2. The van der Waals surface area contributed by atoms with E-state index >= 15 is 0 Å². The minimum atomic E-state index is -1.01. The van der Waals surface area contributed by atoms with Gasteiger partial charge in [-0.3, -0.25) is 9.48 Å². The van der Waals surface area contributed by atoms with Crippen LogP contribution < -0.4 is 10.6 Å². The maximum Gasteiger partial charge on any atom is 0.325 e. The maximum absolute atomic E-state index is 11.7. The van der Waals surface area contributed by atoms with Gasteiger partial charge >= 0.3 is 12.0 Å². The number of nitrogens with one attached hydrogen (secondary N) is 2. The predicted molar refractivity (Wildman–Crippen MR) is 71.4 cm³/mol. The van der Waals surface area contributed by atoms with E-state index in [1.54, 1.807) is 17.1 Å². The fourth-order valence-electron chi connectivity index (χ4n) is 1.58. The molecule has 3 N–H and O–H groups in total. The Labute approximate surface area is 119 Å². The Morgan fingerprint density at radius 3 is 2.81 bits per heavy atom. The van der Waals surface area contributed by atoms with Gasteiger partial charge in [0.1, 0.15) is 12.2 Å². The van der Waals surface area contributed by atoms with Crippen molar-refractivity contribution in [3.63, 3.8) is 0 Å². The monoisotopic (exact) mass is 293 g/mol. The smallest absolute Gasteiger partial charge is 0.325 e. The van der Waals surface area contributed by atoms with Gasteiger partial charge in [-0.05, 0) is 6.92 Å². The number of carbonyl (C=O) groups is 2. The first-order valence-electron chi connectivity index (χ1n) is 6.25. The number of amides is 2. The first-order valence-corrected chi connectivity index (χ1v) is 6.25. The molecule has 0 saturated carbocycles. The second-order valence-corrected chi connectivity index (χ2v) is 4.19. The zero-order chi connectivity index (χ0) is 15.2. The van der Waals surface area contributed by atoms with E-state index in [0.717, 1.165) is 6.54 Å². The fourth-order valence-corrected chi connectivity index (χ4v) is 1.58. The average Bonchev–Trinajstić information content (AvgIpc) is 3.05. The summed E-state index contributed by atoms with van der Waals surface area (Å²) >= 11 is 0. The van der Waals surface area contributed by atoms with E-state index < -0.39 is 12.0 Å². The molecule has 0 aliphatic carbocycles. The number of carbonyl (C=O) groups excluding carboxylic acids is 1. The number of carboxylic acids is 1. The third-order valence-corrected chi connectivity index (χ3v) is 2.53. The van der Waals surface area contributed by atoms with E-state index in [1.807, 2.05) is 6.92 Å². The zero-order valence-corrected chi connectivity index (χ0v) is 11.4. The lowest BCUT2D eigenvalue weighted by atomic mass is 10.4. The van der Waals surface area contributed by atoms with Crippen LogP contribution in [0.4, 0.5) is 10.5 Å². The minimum absolute atomic E-state index is 0.146. The normalized spacial score (nSPS) is 10.3. The van der Waals surface area contributed by atoms with Crippen LogP contribution >= 0.6 is 0 Å². The predicted octanol–water partition coefficient (Wildman–Crippen LogP) is -0.0992. The minimum Gasteiger partial charge on any atom is -0.480 e. The van der Waals surface area contributed by atoms with Crippen LogP contribution in [0, 0.1) is 0 Å². The lowest BCUT2D eigenvalue weighted by Gasteiger charge is -2.03. The number of aliphatic carboxylic acids is 1. The quantitative estimate of drug-likeness (QED) is 0.682. The summed E-state index contributed by atoms with van der Waals surface area (Å²) < 4.78 is 2.87. The Balaban J connectivity index is 1.80.